The summed E-state index contributed by atoms with van der Waals surface area (Å²) in [5.41, 5.74) is 0.243. The summed E-state index contributed by atoms with van der Waals surface area (Å²) in [6, 6.07) is 8.54. The molecule has 0 radical (unpaired) electrons. The molecule has 0 saturated heterocycles. The Kier molecular flexibility index (Phi) is 11.2. The number of unbranched alkanes of at least 4 members (excludes halogenated alkanes) is 1. The number of amides is 1. The van der Waals surface area contributed by atoms with E-state index in [0.29, 0.717) is 18.4 Å². The Bertz CT molecular complexity index is 1310. The average molecular weight is 563 g/mol. The van der Waals surface area contributed by atoms with Crippen molar-refractivity contribution in [1.29, 1.82) is 0 Å². The van der Waals surface area contributed by atoms with Crippen LogP contribution in [0.4, 0.5) is 11.4 Å². The lowest BCUT2D eigenvalue weighted by Crippen LogP contribution is -2.46. The Labute approximate surface area is 225 Å². The Morgan fingerprint density at radius 3 is 2.00 bits per heavy atom. The van der Waals surface area contributed by atoms with Gasteiger partial charge in [0.15, 0.2) is 0 Å². The molecular weight excluding hydrogens is 532 g/mol. The molecule has 2 N–H and O–H groups in total. The maximum absolute atomic E-state index is 13.3. The van der Waals surface area contributed by atoms with Crippen molar-refractivity contribution in [3.63, 3.8) is 0 Å². The number of non-ortho nitro benzene ring substituents is 2. The molecule has 0 heterocycles. The van der Waals surface area contributed by atoms with Gasteiger partial charge in [0.25, 0.3) is 11.4 Å². The fraction of sp³-hybridized carbons (Fsp3) is 0.360. The van der Waals surface area contributed by atoms with Crippen molar-refractivity contribution in [2.45, 2.75) is 44.0 Å². The van der Waals surface area contributed by atoms with Crippen molar-refractivity contribution in [3.05, 3.63) is 80.4 Å². The number of carbonyl (C=O) groups is 2. The van der Waals surface area contributed by atoms with Crippen LogP contribution in [0.3, 0.4) is 0 Å². The number of hydrogen-bond donors (Lipinski definition) is 2. The molecular formula is C25H30N4O9S. The number of carboxylic acids is 1. The molecule has 0 aliphatic rings. The molecule has 0 saturated carbocycles. The number of sulfonamides is 1. The van der Waals surface area contributed by atoms with E-state index in [0.717, 1.165) is 28.6 Å². The number of benzene rings is 2. The number of carboxylic acid groups (broad SMARTS) is 1. The number of nitro benzene ring substituents is 2. The second-order valence-corrected chi connectivity index (χ2v) is 10.9. The normalized spacial score (nSPS) is 12.5. The van der Waals surface area contributed by atoms with Crippen LogP contribution in [-0.2, 0) is 19.6 Å². The fourth-order valence-electron chi connectivity index (χ4n) is 3.63. The summed E-state index contributed by atoms with van der Waals surface area (Å²) in [5, 5.41) is 34.1. The molecule has 210 valence electrons. The van der Waals surface area contributed by atoms with Gasteiger partial charge in [0.2, 0.25) is 15.9 Å². The van der Waals surface area contributed by atoms with Crippen LogP contribution in [0.2, 0.25) is 0 Å². The topological polar surface area (TPSA) is 190 Å². The van der Waals surface area contributed by atoms with Crippen LogP contribution in [0.5, 0.6) is 0 Å². The van der Waals surface area contributed by atoms with E-state index >= 15 is 0 Å². The highest BCUT2D eigenvalue weighted by Gasteiger charge is 2.36. The number of nitro groups is 2. The van der Waals surface area contributed by atoms with Crippen LogP contribution in [-0.4, -0.2) is 58.7 Å². The molecule has 0 fully saturated rings. The van der Waals surface area contributed by atoms with Crippen molar-refractivity contribution in [3.8, 4) is 0 Å². The maximum Gasteiger partial charge on any atom is 0.322 e. The van der Waals surface area contributed by atoms with Crippen LogP contribution in [0.1, 0.15) is 38.7 Å². The van der Waals surface area contributed by atoms with Gasteiger partial charge in [-0.25, -0.2) is 8.42 Å². The molecule has 0 aliphatic carbocycles. The molecule has 2 rings (SSSR count). The summed E-state index contributed by atoms with van der Waals surface area (Å²) in [6.45, 7) is 3.64. The molecule has 1 atom stereocenters. The van der Waals surface area contributed by atoms with Crippen molar-refractivity contribution in [2.75, 3.05) is 13.1 Å². The standard InChI is InChI=1S/C25H30N4O9S/c1-18(2)17-27(39(37,38)22-13-11-21(12-14-22)29(35)36)23(25(31)32)5-3-4-16-26-24(30)15-8-19-6-9-20(10-7-19)28(33)34/h6-15,18,23H,3-5,16-17H2,1-2H3,(H,26,30)(H,31,32)/t23-/m0/s1. The Balaban J connectivity index is 1.99. The summed E-state index contributed by atoms with van der Waals surface area (Å²) < 4.78 is 27.5. The van der Waals surface area contributed by atoms with Crippen LogP contribution in [0, 0.1) is 26.1 Å². The molecule has 0 aromatic heterocycles. The van der Waals surface area contributed by atoms with E-state index in [2.05, 4.69) is 5.32 Å². The van der Waals surface area contributed by atoms with Gasteiger partial charge in [-0.1, -0.05) is 13.8 Å². The first-order valence-corrected chi connectivity index (χ1v) is 13.5. The number of nitrogens with one attached hydrogen (secondary N) is 1. The largest absolute Gasteiger partial charge is 0.480 e. The summed E-state index contributed by atoms with van der Waals surface area (Å²) in [6.07, 6.45) is 3.43. The zero-order valence-electron chi connectivity index (χ0n) is 21.4. The molecule has 0 unspecified atom stereocenters. The first kappa shape index (κ1) is 31.1. The minimum atomic E-state index is -4.27. The molecule has 14 heteroatoms. The number of aliphatic carboxylic acids is 1. The highest BCUT2D eigenvalue weighted by Crippen LogP contribution is 2.24. The third-order valence-corrected chi connectivity index (χ3v) is 7.46. The first-order chi connectivity index (χ1) is 18.3. The average Bonchev–Trinajstić information content (AvgIpc) is 2.88. The molecule has 2 aromatic carbocycles. The summed E-state index contributed by atoms with van der Waals surface area (Å²) in [7, 11) is -4.27. The first-order valence-electron chi connectivity index (χ1n) is 12.0. The van der Waals surface area contributed by atoms with Crippen LogP contribution >= 0.6 is 0 Å². The van der Waals surface area contributed by atoms with E-state index in [-0.39, 0.29) is 41.7 Å². The lowest BCUT2D eigenvalue weighted by atomic mass is 10.1. The predicted octanol–water partition coefficient (Wildman–Crippen LogP) is 3.60. The smallest absolute Gasteiger partial charge is 0.322 e. The highest BCUT2D eigenvalue weighted by atomic mass is 32.2. The van der Waals surface area contributed by atoms with E-state index in [9.17, 15) is 43.3 Å². The number of rotatable bonds is 15. The third-order valence-electron chi connectivity index (χ3n) is 5.57. The number of carbonyl (C=O) groups excluding carboxylic acids is 1. The van der Waals surface area contributed by atoms with Gasteiger partial charge in [-0.05, 0) is 61.1 Å². The molecule has 0 spiro atoms. The minimum Gasteiger partial charge on any atom is -0.480 e. The van der Waals surface area contributed by atoms with Gasteiger partial charge in [0.05, 0.1) is 14.7 Å². The Hall–Kier alpha value is -4.17. The summed E-state index contributed by atoms with van der Waals surface area (Å²) in [4.78, 5) is 44.3. The maximum atomic E-state index is 13.3. The van der Waals surface area contributed by atoms with Gasteiger partial charge in [0.1, 0.15) is 6.04 Å². The SMILES string of the molecule is CC(C)CN([C@@H](CCCCNC(=O)C=Cc1ccc([N+](=O)[O-])cc1)C(=O)O)S(=O)(=O)c1ccc([N+](=O)[O-])cc1. The second kappa shape index (κ2) is 14.1. The molecule has 0 bridgehead atoms. The highest BCUT2D eigenvalue weighted by molar-refractivity contribution is 7.89. The molecule has 1 amide bonds. The van der Waals surface area contributed by atoms with Crippen molar-refractivity contribution in [1.82, 2.24) is 9.62 Å². The molecule has 0 aliphatic heterocycles. The lowest BCUT2D eigenvalue weighted by molar-refractivity contribution is -0.385. The van der Waals surface area contributed by atoms with Crippen LogP contribution < -0.4 is 5.32 Å². The zero-order chi connectivity index (χ0) is 29.2. The number of nitrogens with zero attached hydrogens (tertiary/aromatic N) is 3. The van der Waals surface area contributed by atoms with Crippen molar-refractivity contribution < 1.29 is 33.0 Å². The third kappa shape index (κ3) is 9.26. The Morgan fingerprint density at radius 2 is 1.51 bits per heavy atom. The monoisotopic (exact) mass is 562 g/mol. The van der Waals surface area contributed by atoms with Crippen molar-refractivity contribution in [2.24, 2.45) is 5.92 Å². The number of hydrogen-bond acceptors (Lipinski definition) is 8. The second-order valence-electron chi connectivity index (χ2n) is 9.04. The zero-order valence-corrected chi connectivity index (χ0v) is 22.2. The molecule has 13 nitrogen and oxygen atoms in total. The fourth-order valence-corrected chi connectivity index (χ4v) is 5.41. The van der Waals surface area contributed by atoms with Gasteiger partial charge < -0.3 is 10.4 Å². The summed E-state index contributed by atoms with van der Waals surface area (Å²) in [5.74, 6) is -1.93. The predicted molar refractivity (Wildman–Crippen MR) is 142 cm³/mol. The van der Waals surface area contributed by atoms with E-state index in [1.165, 1.54) is 36.4 Å². The van der Waals surface area contributed by atoms with E-state index in [4.69, 9.17) is 0 Å². The molecule has 39 heavy (non-hydrogen) atoms. The van der Waals surface area contributed by atoms with E-state index in [1.54, 1.807) is 13.8 Å². The van der Waals surface area contributed by atoms with Gasteiger partial charge in [-0.2, -0.15) is 4.31 Å². The van der Waals surface area contributed by atoms with E-state index in [1.807, 2.05) is 0 Å². The van der Waals surface area contributed by atoms with Crippen LogP contribution in [0.15, 0.2) is 59.5 Å². The minimum absolute atomic E-state index is 0.0111. The summed E-state index contributed by atoms with van der Waals surface area (Å²) >= 11 is 0. The van der Waals surface area contributed by atoms with Gasteiger partial charge >= 0.3 is 5.97 Å². The van der Waals surface area contributed by atoms with Gasteiger partial charge in [-0.3, -0.25) is 29.8 Å². The van der Waals surface area contributed by atoms with Gasteiger partial charge in [-0.15, -0.1) is 0 Å². The molecule has 2 aromatic rings. The Morgan fingerprint density at radius 1 is 0.974 bits per heavy atom. The van der Waals surface area contributed by atoms with E-state index < -0.39 is 37.8 Å². The van der Waals surface area contributed by atoms with Gasteiger partial charge in [0, 0.05) is 43.4 Å². The van der Waals surface area contributed by atoms with Crippen LogP contribution in [0.25, 0.3) is 6.08 Å². The quantitative estimate of drug-likeness (QED) is 0.141. The lowest BCUT2D eigenvalue weighted by Gasteiger charge is -2.29. The van der Waals surface area contributed by atoms with Crippen molar-refractivity contribution >= 4 is 39.4 Å².